The fourth-order valence-corrected chi connectivity index (χ4v) is 2.96. The van der Waals surface area contributed by atoms with Crippen molar-refractivity contribution in [1.29, 1.82) is 0 Å². The van der Waals surface area contributed by atoms with E-state index in [1.54, 1.807) is 0 Å². The van der Waals surface area contributed by atoms with E-state index in [1.807, 2.05) is 32.9 Å². The number of rotatable bonds is 4. The van der Waals surface area contributed by atoms with Crippen molar-refractivity contribution in [3.63, 3.8) is 0 Å². The molecule has 0 unspecified atom stereocenters. The lowest BCUT2D eigenvalue weighted by Gasteiger charge is -2.18. The quantitative estimate of drug-likeness (QED) is 0.907. The molecule has 136 valence electrons. The van der Waals surface area contributed by atoms with Gasteiger partial charge in [0.15, 0.2) is 5.75 Å². The van der Waals surface area contributed by atoms with E-state index in [4.69, 9.17) is 0 Å². The highest BCUT2D eigenvalue weighted by Crippen LogP contribution is 2.40. The van der Waals surface area contributed by atoms with Crippen LogP contribution in [-0.4, -0.2) is 14.9 Å². The van der Waals surface area contributed by atoms with E-state index < -0.39 is 23.2 Å². The Morgan fingerprint density at radius 1 is 1.04 bits per heavy atom. The van der Waals surface area contributed by atoms with Gasteiger partial charge in [0, 0.05) is 7.05 Å². The van der Waals surface area contributed by atoms with E-state index in [2.05, 4.69) is 5.10 Å². The summed E-state index contributed by atoms with van der Waals surface area (Å²) in [5.41, 5.74) is 0.367. The van der Waals surface area contributed by atoms with Crippen LogP contribution >= 0.6 is 0 Å². The molecule has 0 radical (unpaired) electrons. The first-order valence-corrected chi connectivity index (χ1v) is 8.18. The summed E-state index contributed by atoms with van der Waals surface area (Å²) in [6.07, 6.45) is -3.02. The summed E-state index contributed by atoms with van der Waals surface area (Å²) in [7, 11) is 1.15. The van der Waals surface area contributed by atoms with Crippen LogP contribution in [0.1, 0.15) is 43.2 Å². The standard InChI is InChI=1S/C18H21F3N2O2/c1-5-10-8-11(6-2)13(12(7-3)9-10)14-15(24)16(18(19,20)21)22-23(4)17(14)25/h8-9,24H,5-7H2,1-4H3. The smallest absolute Gasteiger partial charge is 0.438 e. The molecule has 0 amide bonds. The van der Waals surface area contributed by atoms with Crippen LogP contribution in [0, 0.1) is 0 Å². The lowest BCUT2D eigenvalue weighted by atomic mass is 9.89. The molecule has 1 heterocycles. The largest absolute Gasteiger partial charge is 0.505 e. The van der Waals surface area contributed by atoms with Gasteiger partial charge in [-0.2, -0.15) is 18.3 Å². The zero-order chi connectivity index (χ0) is 18.9. The van der Waals surface area contributed by atoms with Gasteiger partial charge < -0.3 is 5.11 Å². The molecule has 0 bridgehead atoms. The second kappa shape index (κ2) is 6.90. The number of aromatic nitrogens is 2. The molecule has 0 saturated carbocycles. The molecule has 1 aromatic carbocycles. The van der Waals surface area contributed by atoms with E-state index in [9.17, 15) is 23.1 Å². The monoisotopic (exact) mass is 354 g/mol. The molecule has 4 nitrogen and oxygen atoms in total. The number of aromatic hydroxyl groups is 1. The Hall–Kier alpha value is -2.31. The topological polar surface area (TPSA) is 55.1 Å². The van der Waals surface area contributed by atoms with Crippen molar-refractivity contribution in [2.45, 2.75) is 46.2 Å². The predicted molar refractivity (Wildman–Crippen MR) is 89.7 cm³/mol. The molecule has 1 N–H and O–H groups in total. The molecule has 25 heavy (non-hydrogen) atoms. The van der Waals surface area contributed by atoms with Crippen molar-refractivity contribution in [1.82, 2.24) is 9.78 Å². The summed E-state index contributed by atoms with van der Waals surface area (Å²) in [5.74, 6) is -1.11. The highest BCUT2D eigenvalue weighted by atomic mass is 19.4. The first-order chi connectivity index (χ1) is 11.6. The zero-order valence-electron chi connectivity index (χ0n) is 14.7. The number of benzene rings is 1. The van der Waals surface area contributed by atoms with Gasteiger partial charge in [-0.15, -0.1) is 0 Å². The average molecular weight is 354 g/mol. The van der Waals surface area contributed by atoms with Crippen LogP contribution in [0.5, 0.6) is 5.75 Å². The summed E-state index contributed by atoms with van der Waals surface area (Å²) < 4.78 is 40.2. The molecular formula is C18H21F3N2O2. The van der Waals surface area contributed by atoms with Crippen LogP contribution in [0.25, 0.3) is 11.1 Å². The van der Waals surface area contributed by atoms with Gasteiger partial charge in [0.1, 0.15) is 0 Å². The molecule has 0 atom stereocenters. The number of hydrogen-bond donors (Lipinski definition) is 1. The second-order valence-electron chi connectivity index (χ2n) is 5.85. The summed E-state index contributed by atoms with van der Waals surface area (Å²) >= 11 is 0. The molecule has 2 rings (SSSR count). The molecule has 0 aliphatic rings. The Labute approximate surface area is 143 Å². The maximum Gasteiger partial charge on any atom is 0.438 e. The summed E-state index contributed by atoms with van der Waals surface area (Å²) in [6, 6.07) is 3.75. The predicted octanol–water partition coefficient (Wildman–Crippen LogP) is 3.86. The third-order valence-electron chi connectivity index (χ3n) is 4.27. The van der Waals surface area contributed by atoms with Crippen molar-refractivity contribution < 1.29 is 18.3 Å². The van der Waals surface area contributed by atoms with Crippen LogP contribution in [0.3, 0.4) is 0 Å². The normalized spacial score (nSPS) is 11.8. The SMILES string of the molecule is CCc1cc(CC)c(-c2c(O)c(C(F)(F)F)nn(C)c2=O)c(CC)c1. The van der Waals surface area contributed by atoms with Gasteiger partial charge in [-0.25, -0.2) is 4.68 Å². The molecule has 0 aliphatic carbocycles. The summed E-state index contributed by atoms with van der Waals surface area (Å²) in [6.45, 7) is 5.72. The van der Waals surface area contributed by atoms with Crippen LogP contribution in [0.15, 0.2) is 16.9 Å². The van der Waals surface area contributed by atoms with Gasteiger partial charge in [-0.05, 0) is 41.5 Å². The highest BCUT2D eigenvalue weighted by Gasteiger charge is 2.39. The lowest BCUT2D eigenvalue weighted by Crippen LogP contribution is -2.26. The zero-order valence-corrected chi connectivity index (χ0v) is 14.7. The molecule has 0 fully saturated rings. The molecule has 2 aromatic rings. The molecule has 0 spiro atoms. The first kappa shape index (κ1) is 19.0. The summed E-state index contributed by atoms with van der Waals surface area (Å²) in [4.78, 5) is 12.5. The maximum absolute atomic E-state index is 13.2. The lowest BCUT2D eigenvalue weighted by molar-refractivity contribution is -0.143. The van der Waals surface area contributed by atoms with Gasteiger partial charge in [-0.3, -0.25) is 4.79 Å². The number of halogens is 3. The van der Waals surface area contributed by atoms with Crippen molar-refractivity contribution >= 4 is 0 Å². The second-order valence-corrected chi connectivity index (χ2v) is 5.85. The third-order valence-corrected chi connectivity index (χ3v) is 4.27. The minimum Gasteiger partial charge on any atom is -0.505 e. The minimum atomic E-state index is -4.85. The molecule has 0 saturated heterocycles. The van der Waals surface area contributed by atoms with Gasteiger partial charge >= 0.3 is 6.18 Å². The van der Waals surface area contributed by atoms with Gasteiger partial charge in [0.2, 0.25) is 5.69 Å². The van der Waals surface area contributed by atoms with Gasteiger partial charge in [0.25, 0.3) is 5.56 Å². The van der Waals surface area contributed by atoms with Crippen LogP contribution in [-0.2, 0) is 32.5 Å². The fraction of sp³-hybridized carbons (Fsp3) is 0.444. The number of aryl methyl sites for hydroxylation is 4. The van der Waals surface area contributed by atoms with Gasteiger partial charge in [-0.1, -0.05) is 32.9 Å². The number of alkyl halides is 3. The average Bonchev–Trinajstić information content (AvgIpc) is 2.56. The Balaban J connectivity index is 2.96. The van der Waals surface area contributed by atoms with E-state index in [0.717, 1.165) is 30.2 Å². The van der Waals surface area contributed by atoms with E-state index in [1.165, 1.54) is 0 Å². The minimum absolute atomic E-state index is 0.332. The Kier molecular flexibility index (Phi) is 5.25. The number of nitrogens with zero attached hydrogens (tertiary/aromatic N) is 2. The van der Waals surface area contributed by atoms with Crippen LogP contribution in [0.4, 0.5) is 13.2 Å². The first-order valence-electron chi connectivity index (χ1n) is 8.18. The van der Waals surface area contributed by atoms with Crippen molar-refractivity contribution in [2.24, 2.45) is 7.05 Å². The van der Waals surface area contributed by atoms with E-state index in [0.29, 0.717) is 23.1 Å². The van der Waals surface area contributed by atoms with Crippen LogP contribution in [0.2, 0.25) is 0 Å². The Morgan fingerprint density at radius 3 is 1.96 bits per heavy atom. The van der Waals surface area contributed by atoms with E-state index in [-0.39, 0.29) is 5.56 Å². The maximum atomic E-state index is 13.2. The van der Waals surface area contributed by atoms with Gasteiger partial charge in [0.05, 0.1) is 5.56 Å². The number of hydrogen-bond acceptors (Lipinski definition) is 3. The van der Waals surface area contributed by atoms with Crippen molar-refractivity contribution in [3.8, 4) is 16.9 Å². The van der Waals surface area contributed by atoms with Crippen molar-refractivity contribution in [3.05, 3.63) is 44.9 Å². The third kappa shape index (κ3) is 3.41. The Morgan fingerprint density at radius 2 is 1.56 bits per heavy atom. The van der Waals surface area contributed by atoms with Crippen LogP contribution < -0.4 is 5.56 Å². The highest BCUT2D eigenvalue weighted by molar-refractivity contribution is 5.76. The Bertz CT molecular complexity index is 830. The van der Waals surface area contributed by atoms with Crippen molar-refractivity contribution in [2.75, 3.05) is 0 Å². The summed E-state index contributed by atoms with van der Waals surface area (Å²) in [5, 5.41) is 13.5. The molecular weight excluding hydrogens is 333 g/mol. The van der Waals surface area contributed by atoms with E-state index >= 15 is 0 Å². The fourth-order valence-electron chi connectivity index (χ4n) is 2.96. The molecule has 7 heteroatoms. The molecule has 0 aliphatic heterocycles. The molecule has 1 aromatic heterocycles.